The minimum atomic E-state index is -4.71. The van der Waals surface area contributed by atoms with Crippen molar-refractivity contribution in [3.63, 3.8) is 0 Å². The van der Waals surface area contributed by atoms with Gasteiger partial charge in [0.05, 0.1) is 52.7 Å². The number of methoxy groups -OCH3 is 2. The molecule has 2 fully saturated rings. The summed E-state index contributed by atoms with van der Waals surface area (Å²) in [4.78, 5) is 32.0. The maximum absolute atomic E-state index is 12.6. The molecule has 0 radical (unpaired) electrons. The Hall–Kier alpha value is -4.94. The summed E-state index contributed by atoms with van der Waals surface area (Å²) in [5.41, 5.74) is 1.61. The topological polar surface area (TPSA) is 229 Å². The number of aromatic nitrogens is 6. The predicted octanol–water partition coefficient (Wildman–Crippen LogP) is 3.10. The Balaban J connectivity index is 1.27. The van der Waals surface area contributed by atoms with E-state index in [1.165, 1.54) is 32.4 Å². The summed E-state index contributed by atoms with van der Waals surface area (Å²) in [5.74, 6) is 1.21. The molecule has 0 spiro atoms. The van der Waals surface area contributed by atoms with Crippen molar-refractivity contribution in [2.45, 2.75) is 9.79 Å². The third-order valence-electron chi connectivity index (χ3n) is 7.98. The van der Waals surface area contributed by atoms with Crippen molar-refractivity contribution < 1.29 is 46.5 Å². The van der Waals surface area contributed by atoms with Crippen LogP contribution in [-0.4, -0.2) is 122 Å². The summed E-state index contributed by atoms with van der Waals surface area (Å²) in [6.07, 6.45) is 3.11. The van der Waals surface area contributed by atoms with E-state index in [-0.39, 0.29) is 34.4 Å². The predicted molar refractivity (Wildman–Crippen MR) is 192 cm³/mol. The molecule has 6 rings (SSSR count). The molecule has 4 heterocycles. The monoisotopic (exact) mass is 772 g/mol. The molecule has 0 saturated carbocycles. The van der Waals surface area contributed by atoms with E-state index >= 15 is 0 Å². The highest BCUT2D eigenvalue weighted by molar-refractivity contribution is 7.94. The molecule has 0 unspecified atom stereocenters. The van der Waals surface area contributed by atoms with Crippen molar-refractivity contribution in [1.29, 1.82) is 0 Å². The van der Waals surface area contributed by atoms with Crippen LogP contribution in [-0.2, 0) is 29.0 Å². The minimum absolute atomic E-state index is 0.0779. The lowest BCUT2D eigenvalue weighted by Gasteiger charge is -2.27. The molecule has 0 atom stereocenters. The lowest BCUT2D eigenvalue weighted by molar-refractivity contribution is -0.432. The molecular weight excluding hydrogens is 737 g/mol. The lowest BCUT2D eigenvalue weighted by Crippen LogP contribution is -2.37. The molecule has 2 aliphatic rings. The molecule has 53 heavy (non-hydrogen) atoms. The number of nitrogens with zero attached hydrogens (tertiary/aromatic N) is 9. The highest BCUT2D eigenvalue weighted by Crippen LogP contribution is 2.32. The van der Waals surface area contributed by atoms with Gasteiger partial charge in [-0.3, -0.25) is 4.55 Å². The number of ether oxygens (including phenoxy) is 4. The Morgan fingerprint density at radius 1 is 0.830 bits per heavy atom. The van der Waals surface area contributed by atoms with Gasteiger partial charge in [-0.1, -0.05) is 29.3 Å². The van der Waals surface area contributed by atoms with Crippen LogP contribution in [0.4, 0.5) is 35.2 Å². The summed E-state index contributed by atoms with van der Waals surface area (Å²) in [7, 11) is -0.167. The normalized spacial score (nSPS) is 15.1. The Bertz CT molecular complexity index is 2030. The first-order valence-corrected chi connectivity index (χ1v) is 18.2. The highest BCUT2D eigenvalue weighted by atomic mass is 32.2. The van der Waals surface area contributed by atoms with Crippen LogP contribution < -0.4 is 29.5 Å². The number of morpholine rings is 2. The summed E-state index contributed by atoms with van der Waals surface area (Å²) < 4.78 is 61.7. The largest absolute Gasteiger partial charge is 0.467 e. The number of nitrogens with one attached hydrogen (secondary N) is 1. The molecule has 2 aromatic heterocycles. The van der Waals surface area contributed by atoms with Crippen LogP contribution in [0.25, 0.3) is 12.2 Å². The Morgan fingerprint density at radius 2 is 1.43 bits per heavy atom. The SMILES string of the molecule is COc1nc(Nc2ccc(/C=C/c3ccc(N(C)c4nc(OC)nc(N5CCOCC5)n4)cc3S(=O)(=O)O)c(SOOO)c2)nc(N2CCOCC2)n1. The van der Waals surface area contributed by atoms with Crippen molar-refractivity contribution in [2.75, 3.05) is 93.9 Å². The lowest BCUT2D eigenvalue weighted by atomic mass is 10.1. The van der Waals surface area contributed by atoms with E-state index in [0.717, 1.165) is 0 Å². The van der Waals surface area contributed by atoms with Gasteiger partial charge in [0.2, 0.25) is 23.8 Å². The standard InChI is InChI=1S/C31H36N10O10S2/c1-39(27-35-29(38-31(36-27)47-3)41-12-16-49-17-13-41)23-9-7-21(25(19-23)53(43,44)45)5-4-20-6-8-22(18-24(20)52-51-50-42)32-26-33-28(37-30(34-26)46-2)40-10-14-48-15-11-40/h4-9,18-19,42H,10-17H2,1-3H3,(H,43,44,45)(H,32,33,34,37)/b5-4+. The molecule has 4 aromatic rings. The van der Waals surface area contributed by atoms with Crippen LogP contribution in [0.5, 0.6) is 12.0 Å². The zero-order chi connectivity index (χ0) is 37.4. The van der Waals surface area contributed by atoms with Crippen LogP contribution in [0.1, 0.15) is 11.1 Å². The fourth-order valence-electron chi connectivity index (χ4n) is 5.27. The molecule has 282 valence electrons. The molecule has 0 amide bonds. The molecule has 20 nitrogen and oxygen atoms in total. The van der Waals surface area contributed by atoms with E-state index in [2.05, 4.69) is 40.3 Å². The first kappa shape index (κ1) is 37.8. The average Bonchev–Trinajstić information content (AvgIpc) is 3.19. The molecule has 3 N–H and O–H groups in total. The molecule has 2 saturated heterocycles. The maximum atomic E-state index is 12.6. The van der Waals surface area contributed by atoms with Gasteiger partial charge in [-0.2, -0.15) is 38.3 Å². The average molecular weight is 773 g/mol. The van der Waals surface area contributed by atoms with Crippen LogP contribution in [0.3, 0.4) is 0 Å². The quantitative estimate of drug-likeness (QED) is 0.0550. The van der Waals surface area contributed by atoms with Gasteiger partial charge in [0, 0.05) is 49.5 Å². The molecule has 2 aromatic carbocycles. The molecule has 22 heteroatoms. The number of anilines is 6. The second-order valence-corrected chi connectivity index (χ2v) is 13.4. The van der Waals surface area contributed by atoms with Crippen molar-refractivity contribution in [3.8, 4) is 12.0 Å². The molecular formula is C31H36N10O10S2. The smallest absolute Gasteiger partial charge is 0.322 e. The summed E-state index contributed by atoms with van der Waals surface area (Å²) in [5, 5.41) is 15.8. The van der Waals surface area contributed by atoms with Crippen molar-refractivity contribution in [3.05, 3.63) is 47.5 Å². The zero-order valence-electron chi connectivity index (χ0n) is 28.8. The Labute approximate surface area is 308 Å². The van der Waals surface area contributed by atoms with Gasteiger partial charge in [-0.05, 0) is 35.4 Å². The summed E-state index contributed by atoms with van der Waals surface area (Å²) >= 11 is 0.691. The van der Waals surface area contributed by atoms with E-state index in [0.29, 0.717) is 98.4 Å². The van der Waals surface area contributed by atoms with Crippen LogP contribution in [0.2, 0.25) is 0 Å². The second-order valence-electron chi connectivity index (χ2n) is 11.3. The van der Waals surface area contributed by atoms with Gasteiger partial charge in [-0.25, -0.2) is 5.26 Å². The Kier molecular flexibility index (Phi) is 12.3. The zero-order valence-corrected chi connectivity index (χ0v) is 30.4. The fourth-order valence-corrected chi connectivity index (χ4v) is 6.48. The number of rotatable bonds is 14. The van der Waals surface area contributed by atoms with Crippen molar-refractivity contribution >= 4 is 69.5 Å². The van der Waals surface area contributed by atoms with Gasteiger partial charge in [0.15, 0.2) is 0 Å². The van der Waals surface area contributed by atoms with E-state index in [4.69, 9.17) is 28.5 Å². The maximum Gasteiger partial charge on any atom is 0.322 e. The third kappa shape index (κ3) is 9.54. The first-order valence-electron chi connectivity index (χ1n) is 16.0. The Morgan fingerprint density at radius 3 is 2.06 bits per heavy atom. The second kappa shape index (κ2) is 17.3. The minimum Gasteiger partial charge on any atom is -0.467 e. The first-order chi connectivity index (χ1) is 25.6. The summed E-state index contributed by atoms with van der Waals surface area (Å²) in [6, 6.07) is 9.79. The van der Waals surface area contributed by atoms with Gasteiger partial charge < -0.3 is 39.0 Å². The van der Waals surface area contributed by atoms with E-state index in [1.54, 1.807) is 42.3 Å². The van der Waals surface area contributed by atoms with E-state index in [9.17, 15) is 13.0 Å². The number of benzene rings is 2. The fraction of sp³-hybridized carbons (Fsp3) is 0.355. The molecule has 0 bridgehead atoms. The van der Waals surface area contributed by atoms with Crippen molar-refractivity contribution in [1.82, 2.24) is 29.9 Å². The number of hydrogen-bond donors (Lipinski definition) is 3. The van der Waals surface area contributed by atoms with E-state index < -0.39 is 10.1 Å². The number of hydrogen-bond acceptors (Lipinski definition) is 20. The van der Waals surface area contributed by atoms with E-state index in [1.807, 2.05) is 9.80 Å². The third-order valence-corrected chi connectivity index (χ3v) is 9.55. The highest BCUT2D eigenvalue weighted by Gasteiger charge is 2.22. The van der Waals surface area contributed by atoms with Crippen LogP contribution in [0.15, 0.2) is 46.2 Å². The van der Waals surface area contributed by atoms with Crippen LogP contribution in [0, 0.1) is 0 Å². The molecule has 0 aliphatic carbocycles. The molecule has 2 aliphatic heterocycles. The van der Waals surface area contributed by atoms with Gasteiger partial charge in [0.1, 0.15) is 4.90 Å². The van der Waals surface area contributed by atoms with Gasteiger partial charge in [0.25, 0.3) is 10.1 Å². The van der Waals surface area contributed by atoms with Gasteiger partial charge >= 0.3 is 12.0 Å². The van der Waals surface area contributed by atoms with Crippen molar-refractivity contribution in [2.24, 2.45) is 0 Å². The van der Waals surface area contributed by atoms with Crippen LogP contribution >= 0.6 is 12.0 Å². The van der Waals surface area contributed by atoms with Gasteiger partial charge in [-0.15, -0.1) is 4.33 Å². The summed E-state index contributed by atoms with van der Waals surface area (Å²) in [6.45, 7) is 4.48.